The number of carboxylic acids is 2. The molecule has 0 aromatic heterocycles. The van der Waals surface area contributed by atoms with Crippen LogP contribution >= 0.6 is 0 Å². The quantitative estimate of drug-likeness (QED) is 0.567. The first-order valence-electron chi connectivity index (χ1n) is 4.35. The van der Waals surface area contributed by atoms with Crippen molar-refractivity contribution < 1.29 is 30.0 Å². The van der Waals surface area contributed by atoms with E-state index in [1.165, 1.54) is 6.07 Å². The third-order valence-electron chi connectivity index (χ3n) is 1.52. The zero-order valence-corrected chi connectivity index (χ0v) is 8.54. The van der Waals surface area contributed by atoms with Gasteiger partial charge in [-0.2, -0.15) is 0 Å². The minimum atomic E-state index is -1.14. The standard InChI is InChI=1S/C7H6O4.C3H6O2/c8-5-2-1-4(7(10)11)3-6(5)9;1-2-3(4)5/h1-3,8-9H,(H,10,11);2H2,1H3,(H,4,5). The largest absolute Gasteiger partial charge is 0.504 e. The van der Waals surface area contributed by atoms with Crippen molar-refractivity contribution in [3.8, 4) is 11.5 Å². The monoisotopic (exact) mass is 228 g/mol. The fourth-order valence-electron chi connectivity index (χ4n) is 0.656. The summed E-state index contributed by atoms with van der Waals surface area (Å²) in [5.74, 6) is -2.63. The summed E-state index contributed by atoms with van der Waals surface area (Å²) in [7, 11) is 0. The number of carbonyl (C=O) groups is 2. The van der Waals surface area contributed by atoms with E-state index in [1.54, 1.807) is 6.92 Å². The van der Waals surface area contributed by atoms with Crippen LogP contribution < -0.4 is 0 Å². The molecule has 0 bridgehead atoms. The van der Waals surface area contributed by atoms with Crippen LogP contribution in [0.25, 0.3) is 0 Å². The van der Waals surface area contributed by atoms with Crippen molar-refractivity contribution in [2.24, 2.45) is 0 Å². The Hall–Kier alpha value is -2.24. The fraction of sp³-hybridized carbons (Fsp3) is 0.200. The SMILES string of the molecule is CCC(=O)O.O=C(O)c1ccc(O)c(O)c1. The van der Waals surface area contributed by atoms with Gasteiger partial charge in [0.1, 0.15) is 0 Å². The molecule has 0 spiro atoms. The molecule has 0 aliphatic heterocycles. The highest BCUT2D eigenvalue weighted by atomic mass is 16.4. The van der Waals surface area contributed by atoms with Gasteiger partial charge in [-0.1, -0.05) is 6.92 Å². The molecule has 1 aromatic rings. The van der Waals surface area contributed by atoms with Gasteiger partial charge in [0.2, 0.25) is 0 Å². The van der Waals surface area contributed by atoms with Gasteiger partial charge < -0.3 is 20.4 Å². The summed E-state index contributed by atoms with van der Waals surface area (Å²) >= 11 is 0. The second-order valence-corrected chi connectivity index (χ2v) is 2.76. The van der Waals surface area contributed by atoms with E-state index in [0.717, 1.165) is 12.1 Å². The molecule has 4 N–H and O–H groups in total. The number of hydrogen-bond acceptors (Lipinski definition) is 4. The number of rotatable bonds is 2. The van der Waals surface area contributed by atoms with Crippen molar-refractivity contribution in [1.29, 1.82) is 0 Å². The van der Waals surface area contributed by atoms with E-state index in [4.69, 9.17) is 20.4 Å². The third kappa shape index (κ3) is 4.85. The second kappa shape index (κ2) is 6.28. The summed E-state index contributed by atoms with van der Waals surface area (Å²) in [4.78, 5) is 19.6. The Morgan fingerprint density at radius 3 is 1.94 bits per heavy atom. The highest BCUT2D eigenvalue weighted by Crippen LogP contribution is 2.24. The van der Waals surface area contributed by atoms with E-state index in [9.17, 15) is 9.59 Å². The maximum Gasteiger partial charge on any atom is 0.335 e. The molecule has 0 amide bonds. The van der Waals surface area contributed by atoms with Crippen molar-refractivity contribution in [2.75, 3.05) is 0 Å². The van der Waals surface area contributed by atoms with Gasteiger partial charge in [-0.25, -0.2) is 4.79 Å². The average Bonchev–Trinajstić information content (AvgIpc) is 2.22. The Morgan fingerprint density at radius 1 is 1.12 bits per heavy atom. The van der Waals surface area contributed by atoms with E-state index in [0.29, 0.717) is 0 Å². The molecule has 0 saturated carbocycles. The Labute approximate surface area is 91.4 Å². The molecule has 0 atom stereocenters. The van der Waals surface area contributed by atoms with Gasteiger partial charge in [-0.15, -0.1) is 0 Å². The van der Waals surface area contributed by atoms with E-state index in [2.05, 4.69) is 0 Å². The van der Waals surface area contributed by atoms with Gasteiger partial charge >= 0.3 is 11.9 Å². The van der Waals surface area contributed by atoms with Gasteiger partial charge in [-0.3, -0.25) is 4.79 Å². The molecule has 0 unspecified atom stereocenters. The zero-order valence-electron chi connectivity index (χ0n) is 8.54. The lowest BCUT2D eigenvalue weighted by atomic mass is 10.2. The molecule has 0 heterocycles. The van der Waals surface area contributed by atoms with Crippen molar-refractivity contribution in [1.82, 2.24) is 0 Å². The smallest absolute Gasteiger partial charge is 0.335 e. The Morgan fingerprint density at radius 2 is 1.62 bits per heavy atom. The topological polar surface area (TPSA) is 115 Å². The third-order valence-corrected chi connectivity index (χ3v) is 1.52. The number of aromatic hydroxyl groups is 2. The van der Waals surface area contributed by atoms with Crippen LogP contribution in [0, 0.1) is 0 Å². The summed E-state index contributed by atoms with van der Waals surface area (Å²) in [6, 6.07) is 3.31. The van der Waals surface area contributed by atoms with Crippen molar-refractivity contribution in [3.63, 3.8) is 0 Å². The summed E-state index contributed by atoms with van der Waals surface area (Å²) in [5, 5.41) is 33.7. The summed E-state index contributed by atoms with van der Waals surface area (Å²) in [6.07, 6.45) is 0.222. The van der Waals surface area contributed by atoms with Crippen LogP contribution in [0.1, 0.15) is 23.7 Å². The van der Waals surface area contributed by atoms with Gasteiger partial charge in [0, 0.05) is 6.42 Å². The van der Waals surface area contributed by atoms with Gasteiger partial charge in [0.15, 0.2) is 11.5 Å². The number of phenols is 2. The summed E-state index contributed by atoms with van der Waals surface area (Å²) in [6.45, 7) is 1.60. The van der Waals surface area contributed by atoms with E-state index < -0.39 is 17.7 Å². The molecule has 1 aromatic carbocycles. The predicted molar refractivity (Wildman–Crippen MR) is 54.7 cm³/mol. The minimum Gasteiger partial charge on any atom is -0.504 e. The minimum absolute atomic E-state index is 0.0553. The molecule has 16 heavy (non-hydrogen) atoms. The Balaban J connectivity index is 0.000000385. The summed E-state index contributed by atoms with van der Waals surface area (Å²) in [5.41, 5.74) is -0.0553. The first-order chi connectivity index (χ1) is 7.38. The molecular weight excluding hydrogens is 216 g/mol. The van der Waals surface area contributed by atoms with Crippen LogP contribution in [-0.2, 0) is 4.79 Å². The first kappa shape index (κ1) is 13.8. The van der Waals surface area contributed by atoms with E-state index in [1.807, 2.05) is 0 Å². The van der Waals surface area contributed by atoms with E-state index in [-0.39, 0.29) is 17.7 Å². The predicted octanol–water partition coefficient (Wildman–Crippen LogP) is 1.28. The van der Waals surface area contributed by atoms with Crippen LogP contribution in [-0.4, -0.2) is 32.4 Å². The Bertz CT molecular complexity index is 385. The van der Waals surface area contributed by atoms with Gasteiger partial charge in [0.05, 0.1) is 5.56 Å². The highest BCUT2D eigenvalue weighted by Gasteiger charge is 2.05. The molecule has 0 saturated heterocycles. The normalized spacial score (nSPS) is 8.81. The van der Waals surface area contributed by atoms with E-state index >= 15 is 0 Å². The molecule has 88 valence electrons. The maximum absolute atomic E-state index is 10.3. The van der Waals surface area contributed by atoms with Crippen molar-refractivity contribution in [3.05, 3.63) is 23.8 Å². The fourth-order valence-corrected chi connectivity index (χ4v) is 0.656. The number of aliphatic carboxylic acids is 1. The first-order valence-corrected chi connectivity index (χ1v) is 4.35. The maximum atomic E-state index is 10.3. The van der Waals surface area contributed by atoms with Crippen molar-refractivity contribution in [2.45, 2.75) is 13.3 Å². The lowest BCUT2D eigenvalue weighted by Gasteiger charge is -1.97. The Kier molecular flexibility index (Phi) is 5.40. The average molecular weight is 228 g/mol. The molecule has 0 aliphatic rings. The highest BCUT2D eigenvalue weighted by molar-refractivity contribution is 5.88. The molecule has 6 nitrogen and oxygen atoms in total. The van der Waals surface area contributed by atoms with Gasteiger partial charge in [-0.05, 0) is 18.2 Å². The second-order valence-electron chi connectivity index (χ2n) is 2.76. The zero-order chi connectivity index (χ0) is 12.7. The molecule has 1 rings (SSSR count). The molecule has 0 aliphatic carbocycles. The van der Waals surface area contributed by atoms with Gasteiger partial charge in [0.25, 0.3) is 0 Å². The summed E-state index contributed by atoms with van der Waals surface area (Å²) < 4.78 is 0. The lowest BCUT2D eigenvalue weighted by Crippen LogP contribution is -1.94. The van der Waals surface area contributed by atoms with Crippen LogP contribution in [0.4, 0.5) is 0 Å². The number of aromatic carboxylic acids is 1. The van der Waals surface area contributed by atoms with Crippen molar-refractivity contribution >= 4 is 11.9 Å². The number of hydrogen-bond donors (Lipinski definition) is 4. The van der Waals surface area contributed by atoms with Crippen LogP contribution in [0.2, 0.25) is 0 Å². The molecular formula is C10H12O6. The molecule has 0 fully saturated rings. The molecule has 6 heteroatoms. The molecule has 0 radical (unpaired) electrons. The lowest BCUT2D eigenvalue weighted by molar-refractivity contribution is -0.136. The van der Waals surface area contributed by atoms with Crippen LogP contribution in [0.5, 0.6) is 11.5 Å². The number of benzene rings is 1. The number of carboxylic acid groups (broad SMARTS) is 2. The van der Waals surface area contributed by atoms with Crippen LogP contribution in [0.3, 0.4) is 0 Å². The number of phenolic OH excluding ortho intramolecular Hbond substituents is 2. The van der Waals surface area contributed by atoms with Crippen LogP contribution in [0.15, 0.2) is 18.2 Å².